The van der Waals surface area contributed by atoms with Gasteiger partial charge in [0.15, 0.2) is 11.5 Å². The molecule has 9 heteroatoms. The van der Waals surface area contributed by atoms with Crippen LogP contribution in [-0.2, 0) is 4.74 Å². The summed E-state index contributed by atoms with van der Waals surface area (Å²) in [6.45, 7) is 3.67. The van der Waals surface area contributed by atoms with Crippen molar-refractivity contribution in [3.63, 3.8) is 0 Å². The highest BCUT2D eigenvalue weighted by molar-refractivity contribution is 5.95. The minimum Gasteiger partial charge on any atom is -0.493 e. The Bertz CT molecular complexity index is 999. The number of piperidine rings is 1. The van der Waals surface area contributed by atoms with Crippen LogP contribution in [0.3, 0.4) is 0 Å². The Hall–Kier alpha value is -3.75. The van der Waals surface area contributed by atoms with Crippen LogP contribution in [0, 0.1) is 5.92 Å². The molecule has 1 fully saturated rings. The highest BCUT2D eigenvalue weighted by Gasteiger charge is 2.24. The topological polar surface area (TPSA) is 103 Å². The van der Waals surface area contributed by atoms with Crippen LogP contribution in [0.15, 0.2) is 42.5 Å². The van der Waals surface area contributed by atoms with Crippen LogP contribution in [0.1, 0.15) is 40.5 Å². The minimum atomic E-state index is -0.776. The number of carbonyl (C=O) groups excluding carboxylic acids is 3. The first-order valence-corrected chi connectivity index (χ1v) is 11.2. The second-order valence-electron chi connectivity index (χ2n) is 7.82. The predicted molar refractivity (Wildman–Crippen MR) is 125 cm³/mol. The molecule has 0 aliphatic carbocycles. The molecular weight excluding hydrogens is 440 g/mol. The van der Waals surface area contributed by atoms with Crippen LogP contribution in [0.4, 0.5) is 4.79 Å². The monoisotopic (exact) mass is 470 g/mol. The minimum absolute atomic E-state index is 0.0736. The summed E-state index contributed by atoms with van der Waals surface area (Å²) in [4.78, 5) is 38.5. The molecule has 1 aliphatic heterocycles. The number of hydrogen-bond acceptors (Lipinski definition) is 7. The number of carbonyl (C=O) groups is 3. The summed E-state index contributed by atoms with van der Waals surface area (Å²) in [6, 6.07) is 11.5. The SMILES string of the molecule is CCOC(=O)Oc1ccc(C(=O)N2CCC(CNC(=O)c3ccc(OC)c(OC)c3)CC2)cc1. The van der Waals surface area contributed by atoms with E-state index < -0.39 is 6.16 Å². The number of benzene rings is 2. The quantitative estimate of drug-likeness (QED) is 0.465. The Morgan fingerprint density at radius 1 is 0.941 bits per heavy atom. The molecule has 1 aliphatic rings. The van der Waals surface area contributed by atoms with Gasteiger partial charge in [-0.25, -0.2) is 4.79 Å². The maximum atomic E-state index is 12.8. The van der Waals surface area contributed by atoms with E-state index in [1.165, 1.54) is 7.11 Å². The molecule has 2 aromatic rings. The molecule has 2 aromatic carbocycles. The molecule has 0 aromatic heterocycles. The average molecular weight is 471 g/mol. The molecule has 1 N–H and O–H groups in total. The van der Waals surface area contributed by atoms with Gasteiger partial charge in [-0.3, -0.25) is 9.59 Å². The first kappa shape index (κ1) is 24.9. The molecule has 1 heterocycles. The standard InChI is InChI=1S/C25H30N2O7/c1-4-33-25(30)34-20-8-5-18(6-9-20)24(29)27-13-11-17(12-14-27)16-26-23(28)19-7-10-21(31-2)22(15-19)32-3/h5-10,15,17H,4,11-14,16H2,1-3H3,(H,26,28). The fraction of sp³-hybridized carbons (Fsp3) is 0.400. The lowest BCUT2D eigenvalue weighted by molar-refractivity contribution is 0.0684. The van der Waals surface area contributed by atoms with Gasteiger partial charge in [-0.15, -0.1) is 0 Å². The van der Waals surface area contributed by atoms with Crippen molar-refractivity contribution < 1.29 is 33.3 Å². The van der Waals surface area contributed by atoms with Gasteiger partial charge in [-0.05, 0) is 68.1 Å². The van der Waals surface area contributed by atoms with Gasteiger partial charge in [0.2, 0.25) is 0 Å². The van der Waals surface area contributed by atoms with Crippen molar-refractivity contribution in [2.75, 3.05) is 40.5 Å². The van der Waals surface area contributed by atoms with E-state index in [4.69, 9.17) is 18.9 Å². The lowest BCUT2D eigenvalue weighted by atomic mass is 9.96. The molecule has 0 radical (unpaired) electrons. The molecular formula is C25H30N2O7. The first-order chi connectivity index (χ1) is 16.4. The van der Waals surface area contributed by atoms with Gasteiger partial charge in [0, 0.05) is 30.8 Å². The highest BCUT2D eigenvalue weighted by atomic mass is 16.7. The maximum absolute atomic E-state index is 12.8. The van der Waals surface area contributed by atoms with Gasteiger partial charge >= 0.3 is 6.16 Å². The van der Waals surface area contributed by atoms with E-state index in [2.05, 4.69) is 5.32 Å². The second kappa shape index (κ2) is 11.9. The number of nitrogens with zero attached hydrogens (tertiary/aromatic N) is 1. The third-order valence-corrected chi connectivity index (χ3v) is 5.66. The molecule has 182 valence electrons. The lowest BCUT2D eigenvalue weighted by Gasteiger charge is -2.32. The summed E-state index contributed by atoms with van der Waals surface area (Å²) in [5, 5.41) is 2.97. The fourth-order valence-electron chi connectivity index (χ4n) is 3.75. The zero-order valence-electron chi connectivity index (χ0n) is 19.7. The summed E-state index contributed by atoms with van der Waals surface area (Å²) in [5.41, 5.74) is 1.03. The average Bonchev–Trinajstić information content (AvgIpc) is 2.87. The summed E-state index contributed by atoms with van der Waals surface area (Å²) >= 11 is 0. The van der Waals surface area contributed by atoms with Crippen molar-refractivity contribution in [1.29, 1.82) is 0 Å². The van der Waals surface area contributed by atoms with Gasteiger partial charge in [0.1, 0.15) is 5.75 Å². The van der Waals surface area contributed by atoms with Gasteiger partial charge in [0.25, 0.3) is 11.8 Å². The third-order valence-electron chi connectivity index (χ3n) is 5.66. The molecule has 0 unspecified atom stereocenters. The number of amides is 2. The van der Waals surface area contributed by atoms with E-state index in [1.54, 1.807) is 61.4 Å². The largest absolute Gasteiger partial charge is 0.513 e. The molecule has 34 heavy (non-hydrogen) atoms. The van der Waals surface area contributed by atoms with Crippen LogP contribution in [-0.4, -0.2) is 63.3 Å². The van der Waals surface area contributed by atoms with Crippen molar-refractivity contribution in [2.24, 2.45) is 5.92 Å². The van der Waals surface area contributed by atoms with Crippen molar-refractivity contribution in [2.45, 2.75) is 19.8 Å². The van der Waals surface area contributed by atoms with Crippen molar-refractivity contribution >= 4 is 18.0 Å². The molecule has 3 rings (SSSR count). The number of ether oxygens (including phenoxy) is 4. The summed E-state index contributed by atoms with van der Waals surface area (Å²) in [7, 11) is 3.07. The highest BCUT2D eigenvalue weighted by Crippen LogP contribution is 2.27. The number of likely N-dealkylation sites (tertiary alicyclic amines) is 1. The maximum Gasteiger partial charge on any atom is 0.513 e. The van der Waals surface area contributed by atoms with Crippen LogP contribution in [0.5, 0.6) is 17.2 Å². The van der Waals surface area contributed by atoms with Crippen LogP contribution >= 0.6 is 0 Å². The zero-order chi connectivity index (χ0) is 24.5. The van der Waals surface area contributed by atoms with Crippen molar-refractivity contribution in [3.05, 3.63) is 53.6 Å². The molecule has 0 spiro atoms. The Kier molecular flexibility index (Phi) is 8.73. The number of rotatable bonds is 8. The van der Waals surface area contributed by atoms with E-state index >= 15 is 0 Å². The van der Waals surface area contributed by atoms with E-state index in [-0.39, 0.29) is 24.3 Å². The Labute approximate surface area is 198 Å². The van der Waals surface area contributed by atoms with Gasteiger partial charge in [-0.2, -0.15) is 0 Å². The normalized spacial score (nSPS) is 13.7. The molecule has 2 amide bonds. The molecule has 9 nitrogen and oxygen atoms in total. The second-order valence-corrected chi connectivity index (χ2v) is 7.82. The van der Waals surface area contributed by atoms with Crippen LogP contribution < -0.4 is 19.5 Å². The van der Waals surface area contributed by atoms with E-state index in [9.17, 15) is 14.4 Å². The van der Waals surface area contributed by atoms with Crippen LogP contribution in [0.2, 0.25) is 0 Å². The summed E-state index contributed by atoms with van der Waals surface area (Å²) in [5.74, 6) is 1.42. The molecule has 0 bridgehead atoms. The number of hydrogen-bond donors (Lipinski definition) is 1. The lowest BCUT2D eigenvalue weighted by Crippen LogP contribution is -2.41. The Morgan fingerprint density at radius 3 is 2.21 bits per heavy atom. The van der Waals surface area contributed by atoms with Crippen molar-refractivity contribution in [1.82, 2.24) is 10.2 Å². The summed E-state index contributed by atoms with van der Waals surface area (Å²) in [6.07, 6.45) is 0.811. The van der Waals surface area contributed by atoms with E-state index in [1.807, 2.05) is 0 Å². The fourth-order valence-corrected chi connectivity index (χ4v) is 3.75. The Morgan fingerprint density at radius 2 is 1.59 bits per heavy atom. The predicted octanol–water partition coefficient (Wildman–Crippen LogP) is 3.52. The number of nitrogens with one attached hydrogen (secondary N) is 1. The number of methoxy groups -OCH3 is 2. The van der Waals surface area contributed by atoms with Crippen LogP contribution in [0.25, 0.3) is 0 Å². The van der Waals surface area contributed by atoms with E-state index in [0.717, 1.165) is 12.8 Å². The first-order valence-electron chi connectivity index (χ1n) is 11.2. The molecule has 0 atom stereocenters. The molecule has 0 saturated carbocycles. The van der Waals surface area contributed by atoms with Gasteiger partial charge < -0.3 is 29.2 Å². The smallest absolute Gasteiger partial charge is 0.493 e. The zero-order valence-corrected chi connectivity index (χ0v) is 19.7. The van der Waals surface area contributed by atoms with Gasteiger partial charge in [-0.1, -0.05) is 0 Å². The summed E-state index contributed by atoms with van der Waals surface area (Å²) < 4.78 is 20.2. The third kappa shape index (κ3) is 6.40. The Balaban J connectivity index is 1.46. The van der Waals surface area contributed by atoms with E-state index in [0.29, 0.717) is 48.0 Å². The molecule has 1 saturated heterocycles. The van der Waals surface area contributed by atoms with Gasteiger partial charge in [0.05, 0.1) is 20.8 Å². The van der Waals surface area contributed by atoms with Crippen molar-refractivity contribution in [3.8, 4) is 17.2 Å².